The molecule has 3 aromatic heterocycles. The van der Waals surface area contributed by atoms with Gasteiger partial charge in [0.25, 0.3) is 11.9 Å². The zero-order chi connectivity index (χ0) is 16.6. The first-order valence-corrected chi connectivity index (χ1v) is 7.87. The van der Waals surface area contributed by atoms with Gasteiger partial charge in [-0.15, -0.1) is 11.3 Å². The molecule has 0 unspecified atom stereocenters. The molecule has 3 rings (SSSR count). The smallest absolute Gasteiger partial charge is 0.267 e. The van der Waals surface area contributed by atoms with Crippen LogP contribution < -0.4 is 5.32 Å². The first kappa shape index (κ1) is 15.3. The number of carbonyl (C=O) groups excluding carboxylic acids is 1. The van der Waals surface area contributed by atoms with E-state index in [1.54, 1.807) is 17.1 Å². The fourth-order valence-corrected chi connectivity index (χ4v) is 3.07. The van der Waals surface area contributed by atoms with Crippen molar-refractivity contribution in [1.82, 2.24) is 24.7 Å². The highest BCUT2D eigenvalue weighted by molar-refractivity contribution is 7.13. The standard InChI is InChI=1S/C15H16N6OS/c1-8-5-9(2)21(20-8)15-16-6-12(7-17-15)19-14(22)13-10(3)18-11(4)23-13/h5-7H,1-4H3,(H,19,22). The first-order chi connectivity index (χ1) is 10.9. The van der Waals surface area contributed by atoms with Crippen LogP contribution in [-0.4, -0.2) is 30.6 Å². The number of rotatable bonds is 3. The van der Waals surface area contributed by atoms with Crippen LogP contribution in [0, 0.1) is 27.7 Å². The van der Waals surface area contributed by atoms with E-state index >= 15 is 0 Å². The summed E-state index contributed by atoms with van der Waals surface area (Å²) in [6.45, 7) is 7.55. The van der Waals surface area contributed by atoms with Crippen molar-refractivity contribution < 1.29 is 4.79 Å². The highest BCUT2D eigenvalue weighted by Gasteiger charge is 2.14. The monoisotopic (exact) mass is 328 g/mol. The molecule has 0 saturated carbocycles. The van der Waals surface area contributed by atoms with E-state index in [2.05, 4.69) is 25.4 Å². The van der Waals surface area contributed by atoms with E-state index in [9.17, 15) is 4.79 Å². The number of aryl methyl sites for hydroxylation is 4. The van der Waals surface area contributed by atoms with Gasteiger partial charge in [0.1, 0.15) is 4.88 Å². The van der Waals surface area contributed by atoms with Crippen molar-refractivity contribution in [2.75, 3.05) is 5.32 Å². The lowest BCUT2D eigenvalue weighted by molar-refractivity contribution is 0.102. The third kappa shape index (κ3) is 3.11. The van der Waals surface area contributed by atoms with Crippen LogP contribution in [0.15, 0.2) is 18.5 Å². The molecular weight excluding hydrogens is 312 g/mol. The predicted molar refractivity (Wildman–Crippen MR) is 88.2 cm³/mol. The van der Waals surface area contributed by atoms with Gasteiger partial charge in [0, 0.05) is 5.69 Å². The van der Waals surface area contributed by atoms with Gasteiger partial charge in [-0.2, -0.15) is 5.10 Å². The van der Waals surface area contributed by atoms with Gasteiger partial charge in [-0.25, -0.2) is 19.6 Å². The molecular formula is C15H16N6OS. The molecule has 0 aliphatic heterocycles. The van der Waals surface area contributed by atoms with Gasteiger partial charge in [-0.05, 0) is 33.8 Å². The topological polar surface area (TPSA) is 85.6 Å². The summed E-state index contributed by atoms with van der Waals surface area (Å²) >= 11 is 1.37. The zero-order valence-electron chi connectivity index (χ0n) is 13.3. The number of nitrogens with one attached hydrogen (secondary N) is 1. The van der Waals surface area contributed by atoms with Crippen LogP contribution in [0.5, 0.6) is 0 Å². The van der Waals surface area contributed by atoms with Crippen LogP contribution in [0.3, 0.4) is 0 Å². The molecule has 0 radical (unpaired) electrons. The maximum absolute atomic E-state index is 12.2. The minimum absolute atomic E-state index is 0.199. The number of nitrogens with zero attached hydrogens (tertiary/aromatic N) is 5. The summed E-state index contributed by atoms with van der Waals surface area (Å²) in [5.41, 5.74) is 3.12. The number of thiazole rings is 1. The second-order valence-electron chi connectivity index (χ2n) is 5.21. The fraction of sp³-hybridized carbons (Fsp3) is 0.267. The van der Waals surface area contributed by atoms with Gasteiger partial charge >= 0.3 is 0 Å². The Kier molecular flexibility index (Phi) is 3.91. The zero-order valence-corrected chi connectivity index (χ0v) is 14.1. The predicted octanol–water partition coefficient (Wildman–Crippen LogP) is 2.60. The second kappa shape index (κ2) is 5.88. The summed E-state index contributed by atoms with van der Waals surface area (Å²) in [5.74, 6) is 0.272. The van der Waals surface area contributed by atoms with Gasteiger partial charge in [0.2, 0.25) is 0 Å². The molecule has 23 heavy (non-hydrogen) atoms. The molecule has 0 bridgehead atoms. The van der Waals surface area contributed by atoms with E-state index in [1.165, 1.54) is 11.3 Å². The van der Waals surface area contributed by atoms with Crippen LogP contribution >= 0.6 is 11.3 Å². The summed E-state index contributed by atoms with van der Waals surface area (Å²) < 4.78 is 1.66. The highest BCUT2D eigenvalue weighted by Crippen LogP contribution is 2.19. The molecule has 8 heteroatoms. The van der Waals surface area contributed by atoms with E-state index in [0.717, 1.165) is 22.1 Å². The molecule has 3 heterocycles. The molecule has 3 aromatic rings. The Morgan fingerprint density at radius 3 is 2.39 bits per heavy atom. The van der Waals surface area contributed by atoms with Crippen LogP contribution in [0.2, 0.25) is 0 Å². The summed E-state index contributed by atoms with van der Waals surface area (Å²) in [5, 5.41) is 7.98. The first-order valence-electron chi connectivity index (χ1n) is 7.05. The normalized spacial score (nSPS) is 10.8. The summed E-state index contributed by atoms with van der Waals surface area (Å²) in [7, 11) is 0. The Balaban J connectivity index is 1.79. The summed E-state index contributed by atoms with van der Waals surface area (Å²) in [4.78, 5) is 25.6. The maximum atomic E-state index is 12.2. The van der Waals surface area contributed by atoms with Crippen molar-refractivity contribution >= 4 is 22.9 Å². The number of hydrogen-bond donors (Lipinski definition) is 1. The number of anilines is 1. The highest BCUT2D eigenvalue weighted by atomic mass is 32.1. The van der Waals surface area contributed by atoms with E-state index in [1.807, 2.05) is 33.8 Å². The molecule has 0 atom stereocenters. The molecule has 0 aliphatic carbocycles. The molecule has 0 fully saturated rings. The fourth-order valence-electron chi connectivity index (χ4n) is 2.26. The van der Waals surface area contributed by atoms with Gasteiger partial charge < -0.3 is 5.32 Å². The lowest BCUT2D eigenvalue weighted by Crippen LogP contribution is -2.13. The molecule has 0 aliphatic rings. The number of carbonyl (C=O) groups is 1. The van der Waals surface area contributed by atoms with E-state index in [4.69, 9.17) is 0 Å². The van der Waals surface area contributed by atoms with E-state index in [-0.39, 0.29) is 5.91 Å². The lowest BCUT2D eigenvalue weighted by Gasteiger charge is -2.05. The van der Waals surface area contributed by atoms with Crippen LogP contribution in [-0.2, 0) is 0 Å². The largest absolute Gasteiger partial charge is 0.319 e. The summed E-state index contributed by atoms with van der Waals surface area (Å²) in [6.07, 6.45) is 3.14. The minimum atomic E-state index is -0.199. The molecule has 118 valence electrons. The van der Waals surface area contributed by atoms with Crippen molar-refractivity contribution in [3.8, 4) is 5.95 Å². The minimum Gasteiger partial charge on any atom is -0.319 e. The molecule has 0 saturated heterocycles. The van der Waals surface area contributed by atoms with E-state index in [0.29, 0.717) is 16.5 Å². The average molecular weight is 328 g/mol. The Bertz CT molecular complexity index is 865. The van der Waals surface area contributed by atoms with Gasteiger partial charge in [-0.3, -0.25) is 4.79 Å². The van der Waals surface area contributed by atoms with Crippen LogP contribution in [0.25, 0.3) is 5.95 Å². The SMILES string of the molecule is Cc1cc(C)n(-c2ncc(NC(=O)c3sc(C)nc3C)cn2)n1. The number of amides is 1. The lowest BCUT2D eigenvalue weighted by atomic mass is 10.3. The van der Waals surface area contributed by atoms with Gasteiger partial charge in [0.05, 0.1) is 34.5 Å². The third-order valence-electron chi connectivity index (χ3n) is 3.20. The van der Waals surface area contributed by atoms with E-state index < -0.39 is 0 Å². The maximum Gasteiger partial charge on any atom is 0.267 e. The summed E-state index contributed by atoms with van der Waals surface area (Å²) in [6, 6.07) is 1.95. The van der Waals surface area contributed by atoms with Crippen LogP contribution in [0.1, 0.15) is 31.8 Å². The van der Waals surface area contributed by atoms with Gasteiger partial charge in [-0.1, -0.05) is 0 Å². The van der Waals surface area contributed by atoms with Crippen molar-refractivity contribution in [2.24, 2.45) is 0 Å². The Morgan fingerprint density at radius 2 is 1.87 bits per heavy atom. The molecule has 0 spiro atoms. The number of hydrogen-bond acceptors (Lipinski definition) is 6. The second-order valence-corrected chi connectivity index (χ2v) is 6.42. The molecule has 1 N–H and O–H groups in total. The third-order valence-corrected chi connectivity index (χ3v) is 4.28. The van der Waals surface area contributed by atoms with Crippen molar-refractivity contribution in [3.05, 3.63) is 45.4 Å². The van der Waals surface area contributed by atoms with Gasteiger partial charge in [0.15, 0.2) is 0 Å². The van der Waals surface area contributed by atoms with Crippen molar-refractivity contribution in [1.29, 1.82) is 0 Å². The Morgan fingerprint density at radius 1 is 1.17 bits per heavy atom. The van der Waals surface area contributed by atoms with Crippen molar-refractivity contribution in [2.45, 2.75) is 27.7 Å². The average Bonchev–Trinajstić information content (AvgIpc) is 3.01. The Hall–Kier alpha value is -2.61. The molecule has 0 aromatic carbocycles. The Labute approximate surface area is 137 Å². The quantitative estimate of drug-likeness (QED) is 0.799. The number of aromatic nitrogens is 5. The molecule has 7 nitrogen and oxygen atoms in total. The van der Waals surface area contributed by atoms with Crippen LogP contribution in [0.4, 0.5) is 5.69 Å². The van der Waals surface area contributed by atoms with Crippen molar-refractivity contribution in [3.63, 3.8) is 0 Å². The molecule has 1 amide bonds.